The molecule has 4 N–H and O–H groups in total. The van der Waals surface area contributed by atoms with E-state index in [-0.39, 0.29) is 12.1 Å². The molecule has 4 aromatic rings. The Hall–Kier alpha value is -3.37. The van der Waals surface area contributed by atoms with Gasteiger partial charge in [0, 0.05) is 68.9 Å². The molecule has 6 rings (SSSR count). The molecule has 0 bridgehead atoms. The maximum atomic E-state index is 13.0. The lowest BCUT2D eigenvalue weighted by Crippen LogP contribution is -2.51. The summed E-state index contributed by atoms with van der Waals surface area (Å²) in [5, 5.41) is 14.5. The van der Waals surface area contributed by atoms with Crippen LogP contribution in [0.1, 0.15) is 30.1 Å². The number of nitrogens with one attached hydrogen (secondary N) is 3. The SMILES string of the molecule is Cc1cc(N2CCN(C3CCOCC3)CC2)cc2[nH]c(-c3c(NC[C@@H](O)c4cccc(Cl)c4)cc[nH]c3=O)nc12. The number of rotatable bonds is 7. The molecule has 2 saturated heterocycles. The van der Waals surface area contributed by atoms with Crippen LogP contribution in [-0.2, 0) is 4.74 Å². The van der Waals surface area contributed by atoms with Gasteiger partial charge in [0.1, 0.15) is 11.4 Å². The van der Waals surface area contributed by atoms with Gasteiger partial charge in [-0.05, 0) is 61.2 Å². The monoisotopic (exact) mass is 562 g/mol. The molecule has 2 aromatic heterocycles. The summed E-state index contributed by atoms with van der Waals surface area (Å²) >= 11 is 6.08. The van der Waals surface area contributed by atoms with E-state index in [1.165, 1.54) is 0 Å². The molecule has 0 unspecified atom stereocenters. The van der Waals surface area contributed by atoms with Crippen molar-refractivity contribution in [3.05, 3.63) is 75.2 Å². The van der Waals surface area contributed by atoms with Gasteiger partial charge in [0.15, 0.2) is 0 Å². The van der Waals surface area contributed by atoms with E-state index in [9.17, 15) is 9.90 Å². The maximum Gasteiger partial charge on any atom is 0.261 e. The molecule has 1 atom stereocenters. The van der Waals surface area contributed by atoms with Crippen molar-refractivity contribution in [2.75, 3.05) is 56.2 Å². The van der Waals surface area contributed by atoms with Gasteiger partial charge in [-0.15, -0.1) is 0 Å². The highest BCUT2D eigenvalue weighted by atomic mass is 35.5. The Morgan fingerprint density at radius 2 is 1.95 bits per heavy atom. The Morgan fingerprint density at radius 1 is 1.15 bits per heavy atom. The second-order valence-electron chi connectivity index (χ2n) is 10.7. The first-order valence-corrected chi connectivity index (χ1v) is 14.3. The first-order valence-electron chi connectivity index (χ1n) is 13.9. The molecular formula is C30H35ClN6O3. The molecule has 0 radical (unpaired) electrons. The van der Waals surface area contributed by atoms with E-state index < -0.39 is 6.10 Å². The number of piperazine rings is 1. The summed E-state index contributed by atoms with van der Waals surface area (Å²) in [5.41, 5.74) is 5.39. The number of aliphatic hydroxyl groups is 1. The number of anilines is 2. The number of hydrogen-bond acceptors (Lipinski definition) is 7. The van der Waals surface area contributed by atoms with Crippen molar-refractivity contribution in [1.29, 1.82) is 0 Å². The van der Waals surface area contributed by atoms with E-state index in [1.54, 1.807) is 30.5 Å². The number of aromatic nitrogens is 3. The number of ether oxygens (including phenoxy) is 1. The number of nitrogens with zero attached hydrogens (tertiary/aromatic N) is 3. The summed E-state index contributed by atoms with van der Waals surface area (Å²) in [6.07, 6.45) is 3.04. The Morgan fingerprint density at radius 3 is 2.73 bits per heavy atom. The van der Waals surface area contributed by atoms with Crippen LogP contribution < -0.4 is 15.8 Å². The van der Waals surface area contributed by atoms with Crippen molar-refractivity contribution in [2.45, 2.75) is 31.9 Å². The van der Waals surface area contributed by atoms with Gasteiger partial charge in [-0.2, -0.15) is 0 Å². The third kappa shape index (κ3) is 5.60. The van der Waals surface area contributed by atoms with E-state index in [2.05, 4.69) is 44.1 Å². The molecule has 2 aromatic carbocycles. The number of benzene rings is 2. The largest absolute Gasteiger partial charge is 0.387 e. The van der Waals surface area contributed by atoms with Crippen LogP contribution in [0.15, 0.2) is 53.5 Å². The van der Waals surface area contributed by atoms with E-state index >= 15 is 0 Å². The predicted molar refractivity (Wildman–Crippen MR) is 159 cm³/mol. The molecule has 210 valence electrons. The minimum absolute atomic E-state index is 0.208. The topological polar surface area (TPSA) is 110 Å². The first kappa shape index (κ1) is 26.8. The minimum Gasteiger partial charge on any atom is -0.387 e. The van der Waals surface area contributed by atoms with Crippen LogP contribution in [0.5, 0.6) is 0 Å². The Bertz CT molecular complexity index is 1540. The summed E-state index contributed by atoms with van der Waals surface area (Å²) in [6.45, 7) is 8.05. The molecule has 10 heteroatoms. The lowest BCUT2D eigenvalue weighted by molar-refractivity contribution is 0.0321. The predicted octanol–water partition coefficient (Wildman–Crippen LogP) is 4.33. The molecule has 40 heavy (non-hydrogen) atoms. The van der Waals surface area contributed by atoms with Crippen molar-refractivity contribution in [1.82, 2.24) is 19.9 Å². The molecule has 2 aliphatic rings. The van der Waals surface area contributed by atoms with E-state index in [1.807, 2.05) is 6.07 Å². The fourth-order valence-corrected chi connectivity index (χ4v) is 6.07. The first-order chi connectivity index (χ1) is 19.5. The third-order valence-electron chi connectivity index (χ3n) is 8.07. The summed E-state index contributed by atoms with van der Waals surface area (Å²) in [5.74, 6) is 0.487. The quantitative estimate of drug-likeness (QED) is 0.265. The Kier molecular flexibility index (Phi) is 7.80. The van der Waals surface area contributed by atoms with Gasteiger partial charge in [0.2, 0.25) is 0 Å². The number of pyridine rings is 1. The zero-order valence-electron chi connectivity index (χ0n) is 22.6. The highest BCUT2D eigenvalue weighted by Gasteiger charge is 2.26. The Balaban J connectivity index is 1.21. The van der Waals surface area contributed by atoms with Crippen molar-refractivity contribution >= 4 is 34.0 Å². The van der Waals surface area contributed by atoms with Crippen LogP contribution in [0.3, 0.4) is 0 Å². The minimum atomic E-state index is -0.793. The fourth-order valence-electron chi connectivity index (χ4n) is 5.87. The molecule has 0 aliphatic carbocycles. The number of fused-ring (bicyclic) bond motifs is 1. The maximum absolute atomic E-state index is 13.0. The summed E-state index contributed by atoms with van der Waals surface area (Å²) in [4.78, 5) is 29.0. The van der Waals surface area contributed by atoms with Crippen molar-refractivity contribution in [2.24, 2.45) is 0 Å². The molecule has 0 spiro atoms. The highest BCUT2D eigenvalue weighted by molar-refractivity contribution is 6.30. The number of aryl methyl sites for hydroxylation is 1. The average molecular weight is 563 g/mol. The van der Waals surface area contributed by atoms with E-state index in [0.29, 0.717) is 33.7 Å². The number of aliphatic hydroxyl groups excluding tert-OH is 1. The molecule has 2 aliphatic heterocycles. The van der Waals surface area contributed by atoms with Crippen LogP contribution in [0, 0.1) is 6.92 Å². The van der Waals surface area contributed by atoms with Crippen molar-refractivity contribution in [3.63, 3.8) is 0 Å². The number of halogens is 1. The zero-order valence-corrected chi connectivity index (χ0v) is 23.4. The normalized spacial score (nSPS) is 17.8. The van der Waals surface area contributed by atoms with Gasteiger partial charge in [0.05, 0.1) is 22.8 Å². The van der Waals surface area contributed by atoms with Crippen LogP contribution in [0.2, 0.25) is 5.02 Å². The molecule has 9 nitrogen and oxygen atoms in total. The molecule has 4 heterocycles. The van der Waals surface area contributed by atoms with Crippen molar-refractivity contribution in [3.8, 4) is 11.4 Å². The molecule has 2 fully saturated rings. The van der Waals surface area contributed by atoms with E-state index in [4.69, 9.17) is 21.3 Å². The van der Waals surface area contributed by atoms with Gasteiger partial charge in [-0.1, -0.05) is 23.7 Å². The van der Waals surface area contributed by atoms with Crippen LogP contribution in [0.4, 0.5) is 11.4 Å². The van der Waals surface area contributed by atoms with E-state index in [0.717, 1.165) is 74.5 Å². The van der Waals surface area contributed by atoms with Gasteiger partial charge in [-0.3, -0.25) is 9.69 Å². The number of imidazole rings is 1. The molecule has 0 amide bonds. The van der Waals surface area contributed by atoms with Crippen LogP contribution in [-0.4, -0.2) is 76.9 Å². The number of aromatic amines is 2. The number of H-pyrrole nitrogens is 2. The molecule has 0 saturated carbocycles. The van der Waals surface area contributed by atoms with Crippen LogP contribution in [0.25, 0.3) is 22.4 Å². The lowest BCUT2D eigenvalue weighted by Gasteiger charge is -2.41. The van der Waals surface area contributed by atoms with Gasteiger partial charge >= 0.3 is 0 Å². The zero-order chi connectivity index (χ0) is 27.6. The van der Waals surface area contributed by atoms with Crippen LogP contribution >= 0.6 is 11.6 Å². The van der Waals surface area contributed by atoms with Gasteiger partial charge in [0.25, 0.3) is 5.56 Å². The second-order valence-corrected chi connectivity index (χ2v) is 11.1. The lowest BCUT2D eigenvalue weighted by atomic mass is 10.1. The third-order valence-corrected chi connectivity index (χ3v) is 8.30. The number of hydrogen-bond donors (Lipinski definition) is 4. The Labute approximate surface area is 238 Å². The summed E-state index contributed by atoms with van der Waals surface area (Å²) < 4.78 is 5.54. The highest BCUT2D eigenvalue weighted by Crippen LogP contribution is 2.30. The average Bonchev–Trinajstić information content (AvgIpc) is 3.41. The fraction of sp³-hybridized carbons (Fsp3) is 0.400. The second kappa shape index (κ2) is 11.6. The summed E-state index contributed by atoms with van der Waals surface area (Å²) in [6, 6.07) is 13.9. The van der Waals surface area contributed by atoms with Gasteiger partial charge in [-0.25, -0.2) is 4.98 Å². The standard InChI is InChI=1S/C30H35ClN6O3/c1-19-15-23(37-11-9-36(10-12-37)22-6-13-40-14-7-22)17-25-28(19)35-29(34-25)27-24(5-8-32-30(27)39)33-18-26(38)20-3-2-4-21(31)16-20/h2-5,8,15-17,22,26,38H,6-7,9-14,18H2,1H3,(H,34,35)(H2,32,33,39)/t26-/m1/s1. The molecular weight excluding hydrogens is 528 g/mol. The van der Waals surface area contributed by atoms with Gasteiger partial charge < -0.3 is 30.0 Å². The smallest absolute Gasteiger partial charge is 0.261 e. The summed E-state index contributed by atoms with van der Waals surface area (Å²) in [7, 11) is 0. The van der Waals surface area contributed by atoms with Crippen molar-refractivity contribution < 1.29 is 9.84 Å².